The zero-order valence-corrected chi connectivity index (χ0v) is 16.1. The van der Waals surface area contributed by atoms with Crippen molar-refractivity contribution in [2.24, 2.45) is 4.99 Å². The minimum absolute atomic E-state index is 0.133. The fourth-order valence-electron chi connectivity index (χ4n) is 2.96. The van der Waals surface area contributed by atoms with E-state index >= 15 is 0 Å². The molecule has 0 aliphatic carbocycles. The van der Waals surface area contributed by atoms with Crippen LogP contribution in [-0.4, -0.2) is 69.9 Å². The second-order valence-electron chi connectivity index (χ2n) is 6.84. The Labute approximate surface area is 154 Å². The van der Waals surface area contributed by atoms with Crippen molar-refractivity contribution in [3.05, 3.63) is 18.2 Å². The van der Waals surface area contributed by atoms with Crippen LogP contribution >= 0.6 is 0 Å². The lowest BCUT2D eigenvalue weighted by Crippen LogP contribution is -2.57. The molecule has 2 aliphatic heterocycles. The van der Waals surface area contributed by atoms with E-state index in [1.165, 1.54) is 0 Å². The number of aliphatic imine (C=N–C) groups is 1. The fourth-order valence-corrected chi connectivity index (χ4v) is 4.32. The normalized spacial score (nSPS) is 20.7. The summed E-state index contributed by atoms with van der Waals surface area (Å²) in [4.78, 5) is 6.24. The van der Waals surface area contributed by atoms with E-state index in [0.29, 0.717) is 43.7 Å². The first-order valence-corrected chi connectivity index (χ1v) is 10.2. The summed E-state index contributed by atoms with van der Waals surface area (Å²) in [6.07, 6.45) is 0. The van der Waals surface area contributed by atoms with Gasteiger partial charge in [0.1, 0.15) is 12.4 Å². The molecule has 0 atom stereocenters. The Morgan fingerprint density at radius 2 is 2.12 bits per heavy atom. The summed E-state index contributed by atoms with van der Waals surface area (Å²) in [5, 5.41) is 3.23. The van der Waals surface area contributed by atoms with E-state index in [-0.39, 0.29) is 12.5 Å². The monoisotopic (exact) mass is 383 g/mol. The van der Waals surface area contributed by atoms with Crippen molar-refractivity contribution >= 4 is 15.8 Å². The molecular weight excluding hydrogens is 358 g/mol. The number of guanidine groups is 1. The van der Waals surface area contributed by atoms with Crippen molar-refractivity contribution in [3.63, 3.8) is 0 Å². The molecule has 144 valence electrons. The van der Waals surface area contributed by atoms with Crippen molar-refractivity contribution in [1.82, 2.24) is 10.2 Å². The Kier molecular flexibility index (Phi) is 5.17. The third-order valence-corrected chi connectivity index (χ3v) is 7.09. The maximum Gasteiger partial charge on any atom is 0.231 e. The summed E-state index contributed by atoms with van der Waals surface area (Å²) in [5.41, 5.74) is 0. The van der Waals surface area contributed by atoms with Gasteiger partial charge < -0.3 is 24.4 Å². The molecule has 0 saturated carbocycles. The molecule has 1 fully saturated rings. The van der Waals surface area contributed by atoms with Gasteiger partial charge in [-0.25, -0.2) is 8.42 Å². The number of sulfone groups is 1. The third-order valence-electron chi connectivity index (χ3n) is 4.55. The second-order valence-corrected chi connectivity index (χ2v) is 9.58. The van der Waals surface area contributed by atoms with Gasteiger partial charge >= 0.3 is 0 Å². The number of nitrogens with zero attached hydrogens (tertiary/aromatic N) is 2. The maximum absolute atomic E-state index is 12.1. The molecule has 1 N–H and O–H groups in total. The average Bonchev–Trinajstić information content (AvgIpc) is 3.05. The predicted octanol–water partition coefficient (Wildman–Crippen LogP) is 0.879. The molecule has 1 aromatic carbocycles. The first-order chi connectivity index (χ1) is 12.3. The summed E-state index contributed by atoms with van der Waals surface area (Å²) >= 11 is 0. The highest BCUT2D eigenvalue weighted by molar-refractivity contribution is 7.92. The number of hydrogen-bond acceptors (Lipinski definition) is 6. The van der Waals surface area contributed by atoms with Crippen LogP contribution in [0.25, 0.3) is 0 Å². The van der Waals surface area contributed by atoms with Gasteiger partial charge in [-0.2, -0.15) is 0 Å². The topological polar surface area (TPSA) is 89.5 Å². The minimum atomic E-state index is -3.07. The number of nitrogens with one attached hydrogen (secondary N) is 1. The van der Waals surface area contributed by atoms with Gasteiger partial charge in [-0.3, -0.25) is 4.99 Å². The summed E-state index contributed by atoms with van der Waals surface area (Å²) in [6.45, 7) is 5.58. The Morgan fingerprint density at radius 3 is 2.85 bits per heavy atom. The smallest absolute Gasteiger partial charge is 0.231 e. The zero-order valence-electron chi connectivity index (χ0n) is 15.3. The highest BCUT2D eigenvalue weighted by Crippen LogP contribution is 2.35. The van der Waals surface area contributed by atoms with E-state index in [9.17, 15) is 8.42 Å². The van der Waals surface area contributed by atoms with Crippen LogP contribution < -0.4 is 19.5 Å². The molecule has 0 unspecified atom stereocenters. The van der Waals surface area contributed by atoms with Gasteiger partial charge in [-0.05, 0) is 26.0 Å². The number of rotatable bonds is 4. The molecule has 0 amide bonds. The van der Waals surface area contributed by atoms with E-state index in [0.717, 1.165) is 5.75 Å². The quantitative estimate of drug-likeness (QED) is 0.469. The highest BCUT2D eigenvalue weighted by atomic mass is 32.2. The Bertz CT molecular complexity index is 792. The van der Waals surface area contributed by atoms with Crippen molar-refractivity contribution in [1.29, 1.82) is 0 Å². The summed E-state index contributed by atoms with van der Waals surface area (Å²) < 4.78 is 39.8. The van der Waals surface area contributed by atoms with Gasteiger partial charge in [-0.15, -0.1) is 0 Å². The molecule has 8 nitrogen and oxygen atoms in total. The molecule has 1 saturated heterocycles. The van der Waals surface area contributed by atoms with Crippen LogP contribution in [0.5, 0.6) is 17.2 Å². The molecule has 1 aromatic rings. The molecule has 26 heavy (non-hydrogen) atoms. The van der Waals surface area contributed by atoms with Gasteiger partial charge in [0, 0.05) is 26.2 Å². The molecule has 0 aromatic heterocycles. The van der Waals surface area contributed by atoms with Gasteiger partial charge in [0.25, 0.3) is 0 Å². The summed E-state index contributed by atoms with van der Waals surface area (Å²) in [7, 11) is -1.38. The number of benzene rings is 1. The molecule has 0 radical (unpaired) electrons. The molecule has 2 aliphatic rings. The van der Waals surface area contributed by atoms with Crippen LogP contribution in [0.1, 0.15) is 13.8 Å². The first-order valence-electron chi connectivity index (χ1n) is 8.53. The minimum Gasteiger partial charge on any atom is -0.492 e. The lowest BCUT2D eigenvalue weighted by atomic mass is 10.2. The van der Waals surface area contributed by atoms with E-state index in [4.69, 9.17) is 14.2 Å². The Hall–Kier alpha value is -2.16. The molecule has 9 heteroatoms. The summed E-state index contributed by atoms with van der Waals surface area (Å²) in [6, 6.07) is 5.45. The van der Waals surface area contributed by atoms with Crippen LogP contribution in [0.2, 0.25) is 0 Å². The Balaban J connectivity index is 1.49. The second kappa shape index (κ2) is 7.22. The molecule has 0 spiro atoms. The lowest BCUT2D eigenvalue weighted by Gasteiger charge is -2.39. The van der Waals surface area contributed by atoms with Gasteiger partial charge in [0.05, 0.1) is 17.0 Å². The highest BCUT2D eigenvalue weighted by Gasteiger charge is 2.40. The van der Waals surface area contributed by atoms with Gasteiger partial charge in [-0.1, -0.05) is 0 Å². The molecule has 0 bridgehead atoms. The van der Waals surface area contributed by atoms with E-state index in [1.807, 2.05) is 17.0 Å². The van der Waals surface area contributed by atoms with Crippen LogP contribution in [0.4, 0.5) is 0 Å². The predicted molar refractivity (Wildman–Crippen MR) is 98.9 cm³/mol. The largest absolute Gasteiger partial charge is 0.492 e. The van der Waals surface area contributed by atoms with Crippen molar-refractivity contribution < 1.29 is 22.6 Å². The molecular formula is C17H25N3O5S. The molecule has 2 heterocycles. The zero-order chi connectivity index (χ0) is 18.8. The van der Waals surface area contributed by atoms with Crippen molar-refractivity contribution in [2.45, 2.75) is 18.6 Å². The van der Waals surface area contributed by atoms with Crippen LogP contribution in [-0.2, 0) is 9.84 Å². The van der Waals surface area contributed by atoms with Crippen LogP contribution in [0.3, 0.4) is 0 Å². The standard InChI is InChI=1S/C17H25N3O5S/c1-17(2)11-20(7-9-26(17,21)22)16(18-3)19-6-8-23-13-4-5-14-15(10-13)25-12-24-14/h4-5,10H,6-9,11-12H2,1-3H3,(H,18,19). The summed E-state index contributed by atoms with van der Waals surface area (Å²) in [5.74, 6) is 2.93. The number of hydrogen-bond donors (Lipinski definition) is 1. The van der Waals surface area contributed by atoms with E-state index in [1.54, 1.807) is 27.0 Å². The number of ether oxygens (including phenoxy) is 3. The van der Waals surface area contributed by atoms with E-state index < -0.39 is 14.6 Å². The lowest BCUT2D eigenvalue weighted by molar-refractivity contribution is 0.173. The van der Waals surface area contributed by atoms with E-state index in [2.05, 4.69) is 10.3 Å². The first kappa shape index (κ1) is 18.6. The van der Waals surface area contributed by atoms with Gasteiger partial charge in [0.2, 0.25) is 6.79 Å². The third kappa shape index (κ3) is 3.82. The van der Waals surface area contributed by atoms with Gasteiger partial charge in [0.15, 0.2) is 27.3 Å². The average molecular weight is 383 g/mol. The van der Waals surface area contributed by atoms with Crippen LogP contribution in [0, 0.1) is 0 Å². The fraction of sp³-hybridized carbons (Fsp3) is 0.588. The maximum atomic E-state index is 12.1. The SMILES string of the molecule is CN=C(NCCOc1ccc2c(c1)OCO2)N1CCS(=O)(=O)C(C)(C)C1. The van der Waals surface area contributed by atoms with Crippen molar-refractivity contribution in [3.8, 4) is 17.2 Å². The molecule has 3 rings (SSSR count). The van der Waals surface area contributed by atoms with Crippen molar-refractivity contribution in [2.75, 3.05) is 45.8 Å². The van der Waals surface area contributed by atoms with Crippen LogP contribution in [0.15, 0.2) is 23.2 Å². The number of fused-ring (bicyclic) bond motifs is 1. The Morgan fingerprint density at radius 1 is 1.35 bits per heavy atom.